The van der Waals surface area contributed by atoms with Crippen LogP contribution in [0.25, 0.3) is 11.1 Å². The fraction of sp³-hybridized carbons (Fsp3) is 0.188. The molecule has 1 amide bonds. The van der Waals surface area contributed by atoms with Crippen LogP contribution in [0.2, 0.25) is 10.0 Å². The summed E-state index contributed by atoms with van der Waals surface area (Å²) >= 11 is 11.9. The molecule has 5 heteroatoms. The van der Waals surface area contributed by atoms with Gasteiger partial charge in [-0.2, -0.15) is 0 Å². The van der Waals surface area contributed by atoms with Crippen LogP contribution in [0.3, 0.4) is 0 Å². The molecule has 0 bridgehead atoms. The molecule has 0 heterocycles. The van der Waals surface area contributed by atoms with Crippen molar-refractivity contribution in [2.45, 2.75) is 19.4 Å². The van der Waals surface area contributed by atoms with E-state index in [9.17, 15) is 4.79 Å². The molecule has 0 aliphatic rings. The van der Waals surface area contributed by atoms with E-state index >= 15 is 0 Å². The van der Waals surface area contributed by atoms with Gasteiger partial charge in [-0.1, -0.05) is 48.3 Å². The first-order valence-corrected chi connectivity index (χ1v) is 7.38. The lowest BCUT2D eigenvalue weighted by Crippen LogP contribution is -2.34. The third-order valence-electron chi connectivity index (χ3n) is 3.18. The molecular formula is C16H16Cl2N2O. The Morgan fingerprint density at radius 2 is 1.71 bits per heavy atom. The zero-order valence-corrected chi connectivity index (χ0v) is 13.1. The summed E-state index contributed by atoms with van der Waals surface area (Å²) in [7, 11) is 0. The second kappa shape index (κ2) is 6.94. The predicted molar refractivity (Wildman–Crippen MR) is 88.8 cm³/mol. The van der Waals surface area contributed by atoms with Gasteiger partial charge in [-0.15, -0.1) is 0 Å². The number of hydrogen-bond donors (Lipinski definition) is 2. The minimum atomic E-state index is -0.486. The fourth-order valence-corrected chi connectivity index (χ4v) is 2.14. The lowest BCUT2D eigenvalue weighted by molar-refractivity contribution is -0.117. The zero-order valence-electron chi connectivity index (χ0n) is 11.6. The van der Waals surface area contributed by atoms with E-state index in [0.29, 0.717) is 22.2 Å². The molecular weight excluding hydrogens is 307 g/mol. The predicted octanol–water partition coefficient (Wildman–Crippen LogP) is 4.34. The first-order chi connectivity index (χ1) is 10.0. The van der Waals surface area contributed by atoms with E-state index in [1.807, 2.05) is 43.3 Å². The van der Waals surface area contributed by atoms with Gasteiger partial charge in [0.2, 0.25) is 5.91 Å². The molecule has 2 aromatic rings. The quantitative estimate of drug-likeness (QED) is 0.879. The van der Waals surface area contributed by atoms with Gasteiger partial charge in [-0.3, -0.25) is 4.79 Å². The highest BCUT2D eigenvalue weighted by Crippen LogP contribution is 2.29. The van der Waals surface area contributed by atoms with Gasteiger partial charge in [0.25, 0.3) is 0 Å². The molecule has 3 nitrogen and oxygen atoms in total. The largest absolute Gasteiger partial charge is 0.325 e. The maximum atomic E-state index is 11.7. The van der Waals surface area contributed by atoms with Crippen LogP contribution < -0.4 is 11.1 Å². The van der Waals surface area contributed by atoms with Crippen LogP contribution in [0.5, 0.6) is 0 Å². The van der Waals surface area contributed by atoms with Gasteiger partial charge in [0.05, 0.1) is 16.1 Å². The summed E-state index contributed by atoms with van der Waals surface area (Å²) < 4.78 is 0. The number of amides is 1. The summed E-state index contributed by atoms with van der Waals surface area (Å²) in [5, 5.41) is 3.82. The van der Waals surface area contributed by atoms with E-state index in [1.54, 1.807) is 6.07 Å². The van der Waals surface area contributed by atoms with Gasteiger partial charge >= 0.3 is 0 Å². The summed E-state index contributed by atoms with van der Waals surface area (Å²) in [5.74, 6) is -0.181. The van der Waals surface area contributed by atoms with Crippen molar-refractivity contribution in [3.63, 3.8) is 0 Å². The number of nitrogens with two attached hydrogens (primary N) is 1. The average molecular weight is 323 g/mol. The Morgan fingerprint density at radius 3 is 2.29 bits per heavy atom. The number of carbonyl (C=O) groups excluding carboxylic acids is 1. The summed E-state index contributed by atoms with van der Waals surface area (Å²) in [6.45, 7) is 1.87. The molecule has 0 spiro atoms. The molecule has 3 N–H and O–H groups in total. The van der Waals surface area contributed by atoms with Gasteiger partial charge in [0.1, 0.15) is 0 Å². The number of rotatable bonds is 4. The van der Waals surface area contributed by atoms with Crippen LogP contribution in [-0.2, 0) is 4.79 Å². The molecule has 2 aromatic carbocycles. The minimum Gasteiger partial charge on any atom is -0.325 e. The number of anilines is 1. The second-order valence-electron chi connectivity index (χ2n) is 4.71. The van der Waals surface area contributed by atoms with E-state index in [1.165, 1.54) is 0 Å². The Bertz CT molecular complexity index is 641. The van der Waals surface area contributed by atoms with E-state index in [0.717, 1.165) is 11.1 Å². The van der Waals surface area contributed by atoms with Crippen LogP contribution in [-0.4, -0.2) is 11.9 Å². The highest BCUT2D eigenvalue weighted by atomic mass is 35.5. The maximum absolute atomic E-state index is 11.7. The Kier molecular flexibility index (Phi) is 5.23. The first-order valence-electron chi connectivity index (χ1n) is 6.63. The third-order valence-corrected chi connectivity index (χ3v) is 3.92. The topological polar surface area (TPSA) is 55.1 Å². The molecule has 110 valence electrons. The lowest BCUT2D eigenvalue weighted by Gasteiger charge is -2.10. The Balaban J connectivity index is 2.15. The van der Waals surface area contributed by atoms with Crippen molar-refractivity contribution in [2.24, 2.45) is 5.73 Å². The third kappa shape index (κ3) is 3.97. The Hall–Kier alpha value is -1.55. The van der Waals surface area contributed by atoms with Crippen molar-refractivity contribution < 1.29 is 4.79 Å². The monoisotopic (exact) mass is 322 g/mol. The molecule has 0 aliphatic heterocycles. The van der Waals surface area contributed by atoms with Crippen molar-refractivity contribution in [2.75, 3.05) is 5.32 Å². The molecule has 0 fully saturated rings. The molecule has 0 unspecified atom stereocenters. The van der Waals surface area contributed by atoms with Gasteiger partial charge in [-0.25, -0.2) is 0 Å². The number of nitrogens with one attached hydrogen (secondary N) is 1. The molecule has 21 heavy (non-hydrogen) atoms. The Morgan fingerprint density at radius 1 is 1.10 bits per heavy atom. The van der Waals surface area contributed by atoms with Crippen LogP contribution in [0.4, 0.5) is 5.69 Å². The summed E-state index contributed by atoms with van der Waals surface area (Å²) in [4.78, 5) is 11.7. The lowest BCUT2D eigenvalue weighted by atomic mass is 10.1. The van der Waals surface area contributed by atoms with Crippen molar-refractivity contribution in [1.82, 2.24) is 0 Å². The molecule has 0 aromatic heterocycles. The van der Waals surface area contributed by atoms with E-state index in [4.69, 9.17) is 28.9 Å². The van der Waals surface area contributed by atoms with Crippen molar-refractivity contribution >= 4 is 34.8 Å². The summed E-state index contributed by atoms with van der Waals surface area (Å²) in [6, 6.07) is 12.5. The number of hydrogen-bond acceptors (Lipinski definition) is 2. The summed E-state index contributed by atoms with van der Waals surface area (Å²) in [6.07, 6.45) is 0.604. The second-order valence-corrected chi connectivity index (χ2v) is 5.52. The molecule has 0 saturated heterocycles. The normalized spacial score (nSPS) is 12.0. The molecule has 0 radical (unpaired) electrons. The SMILES string of the molecule is CC[C@H](N)C(=O)Nc1ccc(-c2ccc(Cl)c(Cl)c2)cc1. The smallest absolute Gasteiger partial charge is 0.241 e. The minimum absolute atomic E-state index is 0.181. The number of halogens is 2. The highest BCUT2D eigenvalue weighted by Gasteiger charge is 2.10. The number of benzene rings is 2. The van der Waals surface area contributed by atoms with Crippen molar-refractivity contribution in [3.05, 3.63) is 52.5 Å². The maximum Gasteiger partial charge on any atom is 0.241 e. The van der Waals surface area contributed by atoms with Crippen molar-refractivity contribution in [1.29, 1.82) is 0 Å². The van der Waals surface area contributed by atoms with Gasteiger partial charge in [0, 0.05) is 5.69 Å². The first kappa shape index (κ1) is 15.8. The number of carbonyl (C=O) groups is 1. The van der Waals surface area contributed by atoms with Gasteiger partial charge < -0.3 is 11.1 Å². The van der Waals surface area contributed by atoms with Crippen LogP contribution in [0, 0.1) is 0 Å². The Labute approximate surface area is 134 Å². The average Bonchev–Trinajstić information content (AvgIpc) is 2.50. The zero-order chi connectivity index (χ0) is 15.4. The van der Waals surface area contributed by atoms with Crippen LogP contribution in [0.1, 0.15) is 13.3 Å². The standard InChI is InChI=1S/C16H16Cl2N2O/c1-2-15(19)16(21)20-12-6-3-10(4-7-12)11-5-8-13(17)14(18)9-11/h3-9,15H,2,19H2,1H3,(H,20,21)/t15-/m0/s1. The molecule has 1 atom stereocenters. The fourth-order valence-electron chi connectivity index (χ4n) is 1.84. The van der Waals surface area contributed by atoms with E-state index in [-0.39, 0.29) is 5.91 Å². The van der Waals surface area contributed by atoms with Gasteiger partial charge in [-0.05, 0) is 41.8 Å². The summed E-state index contributed by atoms with van der Waals surface area (Å²) in [5.41, 5.74) is 8.35. The highest BCUT2D eigenvalue weighted by molar-refractivity contribution is 6.42. The van der Waals surface area contributed by atoms with Gasteiger partial charge in [0.15, 0.2) is 0 Å². The molecule has 0 saturated carbocycles. The molecule has 2 rings (SSSR count). The van der Waals surface area contributed by atoms with Crippen LogP contribution >= 0.6 is 23.2 Å². The van der Waals surface area contributed by atoms with Crippen molar-refractivity contribution in [3.8, 4) is 11.1 Å². The van der Waals surface area contributed by atoms with E-state index < -0.39 is 6.04 Å². The van der Waals surface area contributed by atoms with Crippen LogP contribution in [0.15, 0.2) is 42.5 Å². The van der Waals surface area contributed by atoms with E-state index in [2.05, 4.69) is 5.32 Å². The molecule has 0 aliphatic carbocycles.